The van der Waals surface area contributed by atoms with E-state index < -0.39 is 54.0 Å². The van der Waals surface area contributed by atoms with E-state index in [0.717, 1.165) is 44.9 Å². The Bertz CT molecular complexity index is 752. The SMILES string of the molecule is CCCCCCCCCCCCCC(=O)C(C(=O)O)C(CC(O)CO)(C(=O)O)C(=O)CCCCCCCCCCCCC. The van der Waals surface area contributed by atoms with E-state index in [1.165, 1.54) is 77.0 Å². The highest BCUT2D eigenvalue weighted by molar-refractivity contribution is 6.14. The summed E-state index contributed by atoms with van der Waals surface area (Å²) in [6, 6.07) is 0. The fraction of sp³-hybridized carbons (Fsp3) is 0.886. The molecule has 0 saturated carbocycles. The number of aliphatic carboxylic acids is 2. The lowest BCUT2D eigenvalue weighted by Gasteiger charge is -2.34. The first-order valence-electron chi connectivity index (χ1n) is 17.5. The predicted molar refractivity (Wildman–Crippen MR) is 171 cm³/mol. The van der Waals surface area contributed by atoms with Crippen molar-refractivity contribution in [2.24, 2.45) is 11.3 Å². The molecule has 0 aromatic carbocycles. The second kappa shape index (κ2) is 26.6. The van der Waals surface area contributed by atoms with Gasteiger partial charge >= 0.3 is 11.9 Å². The van der Waals surface area contributed by atoms with Gasteiger partial charge in [-0.05, 0) is 19.3 Å². The normalized spacial score (nSPS) is 14.2. The zero-order chi connectivity index (χ0) is 32.3. The van der Waals surface area contributed by atoms with Gasteiger partial charge in [0.15, 0.2) is 5.78 Å². The fourth-order valence-electron chi connectivity index (χ4n) is 6.06. The summed E-state index contributed by atoms with van der Waals surface area (Å²) >= 11 is 0. The van der Waals surface area contributed by atoms with Crippen molar-refractivity contribution in [1.82, 2.24) is 0 Å². The van der Waals surface area contributed by atoms with Crippen LogP contribution < -0.4 is 0 Å². The summed E-state index contributed by atoms with van der Waals surface area (Å²) in [5, 5.41) is 39.8. The van der Waals surface area contributed by atoms with E-state index in [2.05, 4.69) is 13.8 Å². The van der Waals surface area contributed by atoms with E-state index in [4.69, 9.17) is 0 Å². The Morgan fingerprint density at radius 1 is 0.558 bits per heavy atom. The van der Waals surface area contributed by atoms with Crippen molar-refractivity contribution in [2.75, 3.05) is 6.61 Å². The number of ketones is 2. The van der Waals surface area contributed by atoms with Gasteiger partial charge in [-0.15, -0.1) is 0 Å². The maximum absolute atomic E-state index is 13.4. The molecular formula is C35H64O8. The number of carboxylic acid groups (broad SMARTS) is 2. The Hall–Kier alpha value is -1.80. The van der Waals surface area contributed by atoms with Crippen molar-refractivity contribution in [2.45, 2.75) is 180 Å². The second-order valence-electron chi connectivity index (χ2n) is 12.5. The summed E-state index contributed by atoms with van der Waals surface area (Å²) in [5.74, 6) is -7.17. The fourth-order valence-corrected chi connectivity index (χ4v) is 6.06. The minimum atomic E-state index is -2.61. The third-order valence-corrected chi connectivity index (χ3v) is 8.74. The Morgan fingerprint density at radius 3 is 1.23 bits per heavy atom. The minimum absolute atomic E-state index is 0.135. The lowest BCUT2D eigenvalue weighted by Crippen LogP contribution is -2.54. The molecular weight excluding hydrogens is 548 g/mol. The molecule has 4 N–H and O–H groups in total. The minimum Gasteiger partial charge on any atom is -0.481 e. The molecule has 8 nitrogen and oxygen atoms in total. The van der Waals surface area contributed by atoms with Gasteiger partial charge in [0.2, 0.25) is 0 Å². The summed E-state index contributed by atoms with van der Waals surface area (Å²) in [6.45, 7) is 3.56. The number of hydrogen-bond donors (Lipinski definition) is 4. The molecule has 0 fully saturated rings. The van der Waals surface area contributed by atoms with E-state index in [1.807, 2.05) is 0 Å². The molecule has 0 aromatic heterocycles. The quantitative estimate of drug-likeness (QED) is 0.0440. The number of aliphatic hydroxyl groups is 2. The number of carbonyl (C=O) groups is 4. The van der Waals surface area contributed by atoms with E-state index in [9.17, 15) is 39.6 Å². The van der Waals surface area contributed by atoms with E-state index >= 15 is 0 Å². The Labute approximate surface area is 261 Å². The van der Waals surface area contributed by atoms with E-state index in [-0.39, 0.29) is 12.8 Å². The van der Waals surface area contributed by atoms with Gasteiger partial charge in [0.1, 0.15) is 17.1 Å². The number of aliphatic hydroxyl groups excluding tert-OH is 2. The van der Waals surface area contributed by atoms with Crippen molar-refractivity contribution in [3.05, 3.63) is 0 Å². The average Bonchev–Trinajstić information content (AvgIpc) is 2.97. The summed E-state index contributed by atoms with van der Waals surface area (Å²) in [4.78, 5) is 51.6. The van der Waals surface area contributed by atoms with E-state index in [1.54, 1.807) is 0 Å². The number of rotatable bonds is 32. The van der Waals surface area contributed by atoms with Gasteiger partial charge in [0.05, 0.1) is 12.7 Å². The van der Waals surface area contributed by atoms with Crippen LogP contribution in [-0.2, 0) is 19.2 Å². The lowest BCUT2D eigenvalue weighted by molar-refractivity contribution is -0.173. The number of carbonyl (C=O) groups excluding carboxylic acids is 2. The zero-order valence-corrected chi connectivity index (χ0v) is 27.5. The van der Waals surface area contributed by atoms with Gasteiger partial charge in [0.25, 0.3) is 0 Å². The first-order chi connectivity index (χ1) is 20.7. The van der Waals surface area contributed by atoms with Gasteiger partial charge in [-0.25, -0.2) is 0 Å². The van der Waals surface area contributed by atoms with Gasteiger partial charge in [-0.2, -0.15) is 0 Å². The van der Waals surface area contributed by atoms with Crippen LogP contribution in [0.3, 0.4) is 0 Å². The highest BCUT2D eigenvalue weighted by atomic mass is 16.4. The van der Waals surface area contributed by atoms with Crippen LogP contribution in [0.2, 0.25) is 0 Å². The molecule has 0 aliphatic heterocycles. The zero-order valence-electron chi connectivity index (χ0n) is 27.5. The molecule has 8 heteroatoms. The molecule has 3 atom stereocenters. The Kier molecular flexibility index (Phi) is 25.5. The molecule has 0 radical (unpaired) electrons. The first-order valence-corrected chi connectivity index (χ1v) is 17.5. The van der Waals surface area contributed by atoms with Crippen molar-refractivity contribution in [3.8, 4) is 0 Å². The van der Waals surface area contributed by atoms with Crippen molar-refractivity contribution in [3.63, 3.8) is 0 Å². The molecule has 0 aliphatic carbocycles. The van der Waals surface area contributed by atoms with Crippen LogP contribution in [0.5, 0.6) is 0 Å². The van der Waals surface area contributed by atoms with Gasteiger partial charge in [-0.3, -0.25) is 19.2 Å². The van der Waals surface area contributed by atoms with Crippen LogP contribution in [0.1, 0.15) is 174 Å². The first kappa shape index (κ1) is 41.2. The smallest absolute Gasteiger partial charge is 0.318 e. The largest absolute Gasteiger partial charge is 0.481 e. The highest BCUT2D eigenvalue weighted by Crippen LogP contribution is 2.39. The molecule has 0 aliphatic rings. The third kappa shape index (κ3) is 17.9. The molecule has 0 spiro atoms. The molecule has 3 unspecified atom stereocenters. The summed E-state index contributed by atoms with van der Waals surface area (Å²) in [5.41, 5.74) is -2.61. The van der Waals surface area contributed by atoms with Gasteiger partial charge < -0.3 is 20.4 Å². The summed E-state index contributed by atoms with van der Waals surface area (Å²) in [6.07, 6.45) is 20.4. The van der Waals surface area contributed by atoms with Crippen LogP contribution in [0, 0.1) is 11.3 Å². The topological polar surface area (TPSA) is 149 Å². The number of carboxylic acids is 2. The maximum atomic E-state index is 13.4. The maximum Gasteiger partial charge on any atom is 0.318 e. The highest BCUT2D eigenvalue weighted by Gasteiger charge is 2.58. The second-order valence-corrected chi connectivity index (χ2v) is 12.5. The van der Waals surface area contributed by atoms with Crippen LogP contribution in [-0.4, -0.2) is 56.6 Å². The molecule has 0 aromatic rings. The standard InChI is InChI=1S/C35H64O8/c1-3-5-7-9-11-13-15-17-19-21-23-25-30(38)32(33(40)41)35(34(42)43,27-29(37)28-36)31(39)26-24-22-20-18-16-14-12-10-8-6-4-2/h29,32,36-37H,3-28H2,1-2H3,(H,40,41)(H,42,43). The average molecular weight is 613 g/mol. The molecule has 0 saturated heterocycles. The van der Waals surface area contributed by atoms with E-state index in [0.29, 0.717) is 19.3 Å². The molecule has 0 rings (SSSR count). The monoisotopic (exact) mass is 612 g/mol. The van der Waals surface area contributed by atoms with Gasteiger partial charge in [0, 0.05) is 12.8 Å². The van der Waals surface area contributed by atoms with Crippen molar-refractivity contribution in [1.29, 1.82) is 0 Å². The summed E-state index contributed by atoms with van der Waals surface area (Å²) < 4.78 is 0. The van der Waals surface area contributed by atoms with Crippen molar-refractivity contribution >= 4 is 23.5 Å². The van der Waals surface area contributed by atoms with Crippen LogP contribution in [0.25, 0.3) is 0 Å². The lowest BCUT2D eigenvalue weighted by atomic mass is 9.65. The number of unbranched alkanes of at least 4 members (excludes halogenated alkanes) is 20. The van der Waals surface area contributed by atoms with Gasteiger partial charge in [-0.1, -0.05) is 142 Å². The third-order valence-electron chi connectivity index (χ3n) is 8.74. The van der Waals surface area contributed by atoms with Crippen LogP contribution in [0.15, 0.2) is 0 Å². The molecule has 43 heavy (non-hydrogen) atoms. The Balaban J connectivity index is 5.00. The molecule has 0 heterocycles. The summed E-state index contributed by atoms with van der Waals surface area (Å²) in [7, 11) is 0. The van der Waals surface area contributed by atoms with Crippen molar-refractivity contribution < 1.29 is 39.6 Å². The Morgan fingerprint density at radius 2 is 0.907 bits per heavy atom. The number of Topliss-reactive ketones (excluding diaryl/α,β-unsaturated/α-hetero) is 2. The van der Waals surface area contributed by atoms with Crippen LogP contribution in [0.4, 0.5) is 0 Å². The molecule has 0 bridgehead atoms. The predicted octanol–water partition coefficient (Wildman–Crippen LogP) is 8.04. The number of hydrogen-bond acceptors (Lipinski definition) is 6. The van der Waals surface area contributed by atoms with Crippen LogP contribution >= 0.6 is 0 Å². The molecule has 0 amide bonds. The molecule has 252 valence electrons.